The number of nitrogens with two attached hydrogens (primary N) is 3. The molecule has 34 heavy (non-hydrogen) atoms. The fraction of sp³-hybridized carbons (Fsp3) is 0.762. The summed E-state index contributed by atoms with van der Waals surface area (Å²) in [5.74, 6) is -3.73. The number of carboxylic acids is 1. The van der Waals surface area contributed by atoms with Crippen molar-refractivity contribution < 1.29 is 29.4 Å². The molecule has 0 saturated heterocycles. The Balaban J connectivity index is 5.60. The molecule has 0 rings (SSSR count). The Morgan fingerprint density at radius 1 is 0.882 bits per heavy atom. The molecule has 0 aliphatic rings. The molecule has 0 heterocycles. The maximum Gasteiger partial charge on any atom is 0.326 e. The van der Waals surface area contributed by atoms with Gasteiger partial charge < -0.3 is 43.4 Å². The normalized spacial score (nSPS) is 15.6. The zero-order chi connectivity index (χ0) is 26.6. The molecule has 196 valence electrons. The van der Waals surface area contributed by atoms with E-state index in [1.165, 1.54) is 6.92 Å². The summed E-state index contributed by atoms with van der Waals surface area (Å²) in [7, 11) is 0. The number of rotatable bonds is 15. The predicted molar refractivity (Wildman–Crippen MR) is 127 cm³/mol. The number of aliphatic carboxylic acids is 1. The van der Waals surface area contributed by atoms with Gasteiger partial charge in [0.2, 0.25) is 17.7 Å². The van der Waals surface area contributed by atoms with E-state index in [-0.39, 0.29) is 37.2 Å². The summed E-state index contributed by atoms with van der Waals surface area (Å²) in [6.45, 7) is 8.55. The lowest BCUT2D eigenvalue weighted by atomic mass is 9.99. The number of guanidine groups is 1. The van der Waals surface area contributed by atoms with Gasteiger partial charge in [-0.2, -0.15) is 0 Å². The molecule has 5 atom stereocenters. The summed E-state index contributed by atoms with van der Waals surface area (Å²) in [4.78, 5) is 53.5. The Labute approximate surface area is 200 Å². The lowest BCUT2D eigenvalue weighted by Gasteiger charge is -2.27. The van der Waals surface area contributed by atoms with Crippen molar-refractivity contribution in [2.75, 3.05) is 6.54 Å². The van der Waals surface area contributed by atoms with Crippen LogP contribution in [-0.4, -0.2) is 76.7 Å². The number of carbonyl (C=O) groups excluding carboxylic acids is 3. The topological polar surface area (TPSA) is 235 Å². The Morgan fingerprint density at radius 2 is 1.41 bits per heavy atom. The Bertz CT molecular complexity index is 722. The van der Waals surface area contributed by atoms with Crippen LogP contribution in [0.3, 0.4) is 0 Å². The van der Waals surface area contributed by atoms with Gasteiger partial charge in [0.1, 0.15) is 24.2 Å². The van der Waals surface area contributed by atoms with Gasteiger partial charge in [0.15, 0.2) is 5.96 Å². The van der Waals surface area contributed by atoms with Gasteiger partial charge in [0.25, 0.3) is 0 Å². The van der Waals surface area contributed by atoms with Gasteiger partial charge in [-0.05, 0) is 38.0 Å². The van der Waals surface area contributed by atoms with Crippen LogP contribution in [0.25, 0.3) is 0 Å². The van der Waals surface area contributed by atoms with Crippen LogP contribution in [0.5, 0.6) is 0 Å². The molecule has 0 aromatic rings. The lowest BCUT2D eigenvalue weighted by molar-refractivity contribution is -0.143. The van der Waals surface area contributed by atoms with Crippen molar-refractivity contribution in [1.82, 2.24) is 16.0 Å². The van der Waals surface area contributed by atoms with Crippen molar-refractivity contribution in [2.45, 2.75) is 84.2 Å². The Morgan fingerprint density at radius 3 is 1.85 bits per heavy atom. The van der Waals surface area contributed by atoms with Crippen LogP contribution in [-0.2, 0) is 19.2 Å². The zero-order valence-electron chi connectivity index (χ0n) is 20.6. The predicted octanol–water partition coefficient (Wildman–Crippen LogP) is -2.01. The molecular weight excluding hydrogens is 446 g/mol. The maximum atomic E-state index is 13.0. The Hall–Kier alpha value is -2.93. The summed E-state index contributed by atoms with van der Waals surface area (Å²) in [5, 5.41) is 26.5. The molecule has 0 aromatic carbocycles. The molecule has 0 aliphatic heterocycles. The first-order valence-corrected chi connectivity index (χ1v) is 11.3. The summed E-state index contributed by atoms with van der Waals surface area (Å²) in [6.07, 6.45) is -0.450. The highest BCUT2D eigenvalue weighted by molar-refractivity contribution is 5.94. The van der Waals surface area contributed by atoms with Crippen molar-refractivity contribution in [3.05, 3.63) is 0 Å². The number of aliphatic hydroxyl groups excluding tert-OH is 1. The number of nitrogens with zero attached hydrogens (tertiary/aromatic N) is 1. The van der Waals surface area contributed by atoms with E-state index in [9.17, 15) is 29.4 Å². The van der Waals surface area contributed by atoms with E-state index < -0.39 is 54.0 Å². The van der Waals surface area contributed by atoms with Gasteiger partial charge >= 0.3 is 5.97 Å². The van der Waals surface area contributed by atoms with Crippen molar-refractivity contribution in [3.8, 4) is 0 Å². The van der Waals surface area contributed by atoms with Crippen LogP contribution in [0.15, 0.2) is 4.99 Å². The van der Waals surface area contributed by atoms with Gasteiger partial charge in [-0.15, -0.1) is 0 Å². The molecule has 13 nitrogen and oxygen atoms in total. The number of carbonyl (C=O) groups is 4. The average molecular weight is 488 g/mol. The Kier molecular flexibility index (Phi) is 13.8. The summed E-state index contributed by atoms with van der Waals surface area (Å²) < 4.78 is 0. The SMILES string of the molecule is CC(C)CC(NC(=O)C(CCCN=C(N)N)NC(=O)C(N)C(C)O)C(=O)NC(C(=O)O)C(C)C. The highest BCUT2D eigenvalue weighted by Crippen LogP contribution is 2.09. The summed E-state index contributed by atoms with van der Waals surface area (Å²) in [6, 6.07) is -4.51. The standard InChI is InChI=1S/C21H41N7O6/c1-10(2)9-14(18(31)28-16(11(3)4)20(33)34)27-17(30)13(7-6-8-25-21(23)24)26-19(32)15(22)12(5)29/h10-16,29H,6-9,22H2,1-5H3,(H,26,32)(H,27,30)(H,28,31)(H,33,34)(H4,23,24,25). The first-order valence-electron chi connectivity index (χ1n) is 11.3. The van der Waals surface area contributed by atoms with Crippen LogP contribution >= 0.6 is 0 Å². The first-order chi connectivity index (χ1) is 15.7. The van der Waals surface area contributed by atoms with Crippen LogP contribution in [0.2, 0.25) is 0 Å². The van der Waals surface area contributed by atoms with Crippen LogP contribution < -0.4 is 33.2 Å². The molecule has 0 aliphatic carbocycles. The van der Waals surface area contributed by atoms with Gasteiger partial charge in [-0.3, -0.25) is 19.4 Å². The maximum absolute atomic E-state index is 13.0. The number of hydrogen-bond donors (Lipinski definition) is 8. The van der Waals surface area contributed by atoms with Crippen LogP contribution in [0.1, 0.15) is 53.9 Å². The minimum atomic E-state index is -1.26. The number of aliphatic hydroxyl groups is 1. The van der Waals surface area contributed by atoms with Crippen molar-refractivity contribution in [3.63, 3.8) is 0 Å². The van der Waals surface area contributed by atoms with E-state index in [1.54, 1.807) is 13.8 Å². The molecule has 11 N–H and O–H groups in total. The number of nitrogens with one attached hydrogen (secondary N) is 3. The minimum absolute atomic E-state index is 0.00283. The second-order valence-electron chi connectivity index (χ2n) is 9.04. The van der Waals surface area contributed by atoms with E-state index >= 15 is 0 Å². The largest absolute Gasteiger partial charge is 0.480 e. The number of aliphatic imine (C=N–C) groups is 1. The van der Waals surface area contributed by atoms with E-state index in [0.29, 0.717) is 6.42 Å². The summed E-state index contributed by atoms with van der Waals surface area (Å²) in [5.41, 5.74) is 16.3. The number of hydrogen-bond acceptors (Lipinski definition) is 7. The number of carboxylic acid groups (broad SMARTS) is 1. The molecule has 0 saturated carbocycles. The van der Waals surface area contributed by atoms with E-state index in [4.69, 9.17) is 17.2 Å². The third-order valence-electron chi connectivity index (χ3n) is 4.97. The van der Waals surface area contributed by atoms with E-state index in [2.05, 4.69) is 20.9 Å². The molecule has 0 spiro atoms. The van der Waals surface area contributed by atoms with Crippen molar-refractivity contribution in [1.29, 1.82) is 0 Å². The molecular formula is C21H41N7O6. The molecule has 0 aromatic heterocycles. The van der Waals surface area contributed by atoms with Crippen LogP contribution in [0.4, 0.5) is 0 Å². The quantitative estimate of drug-likeness (QED) is 0.0722. The van der Waals surface area contributed by atoms with E-state index in [1.807, 2.05) is 13.8 Å². The third kappa shape index (κ3) is 11.8. The molecule has 5 unspecified atom stereocenters. The highest BCUT2D eigenvalue weighted by Gasteiger charge is 2.32. The van der Waals surface area contributed by atoms with Crippen molar-refractivity contribution >= 4 is 29.7 Å². The number of amides is 3. The third-order valence-corrected chi connectivity index (χ3v) is 4.97. The van der Waals surface area contributed by atoms with Gasteiger partial charge in [-0.1, -0.05) is 27.7 Å². The van der Waals surface area contributed by atoms with Gasteiger partial charge in [-0.25, -0.2) is 4.79 Å². The molecule has 0 fully saturated rings. The molecule has 0 bridgehead atoms. The second kappa shape index (κ2) is 15.1. The van der Waals surface area contributed by atoms with Crippen molar-refractivity contribution in [2.24, 2.45) is 34.0 Å². The van der Waals surface area contributed by atoms with Gasteiger partial charge in [0.05, 0.1) is 6.10 Å². The minimum Gasteiger partial charge on any atom is -0.480 e. The van der Waals surface area contributed by atoms with E-state index in [0.717, 1.165) is 0 Å². The van der Waals surface area contributed by atoms with Gasteiger partial charge in [0, 0.05) is 6.54 Å². The summed E-state index contributed by atoms with van der Waals surface area (Å²) >= 11 is 0. The molecule has 0 radical (unpaired) electrons. The smallest absolute Gasteiger partial charge is 0.326 e. The first kappa shape index (κ1) is 31.1. The monoisotopic (exact) mass is 487 g/mol. The fourth-order valence-electron chi connectivity index (χ4n) is 3.00. The molecule has 3 amide bonds. The average Bonchev–Trinajstić information content (AvgIpc) is 2.71. The fourth-order valence-corrected chi connectivity index (χ4v) is 3.00. The lowest BCUT2D eigenvalue weighted by Crippen LogP contribution is -2.58. The highest BCUT2D eigenvalue weighted by atomic mass is 16.4. The second-order valence-corrected chi connectivity index (χ2v) is 9.04. The molecule has 13 heteroatoms. The zero-order valence-corrected chi connectivity index (χ0v) is 20.6. The van der Waals surface area contributed by atoms with Crippen LogP contribution in [0, 0.1) is 11.8 Å².